The Bertz CT molecular complexity index is 441. The minimum atomic E-state index is -4.78. The van der Waals surface area contributed by atoms with Crippen LogP contribution in [0.3, 0.4) is 0 Å². The van der Waals surface area contributed by atoms with E-state index in [2.05, 4.69) is 9.47 Å². The smallest absolute Gasteiger partial charge is 0.465 e. The van der Waals surface area contributed by atoms with Gasteiger partial charge in [0, 0.05) is 0 Å². The molecule has 6 heteroatoms. The topological polar surface area (TPSA) is 35.5 Å². The second kappa shape index (κ2) is 6.45. The zero-order valence-electron chi connectivity index (χ0n) is 10.7. The van der Waals surface area contributed by atoms with E-state index in [0.29, 0.717) is 12.0 Å². The number of esters is 1. The summed E-state index contributed by atoms with van der Waals surface area (Å²) in [6.07, 6.45) is -2.42. The first kappa shape index (κ1) is 15.3. The number of aryl methyl sites for hydroxylation is 1. The average molecular weight is 276 g/mol. The van der Waals surface area contributed by atoms with Crippen LogP contribution in [0.15, 0.2) is 18.2 Å². The van der Waals surface area contributed by atoms with Crippen molar-refractivity contribution in [1.29, 1.82) is 0 Å². The summed E-state index contributed by atoms with van der Waals surface area (Å²) in [5, 5.41) is 0. The van der Waals surface area contributed by atoms with Gasteiger partial charge < -0.3 is 9.47 Å². The molecule has 0 aliphatic rings. The molecule has 0 aliphatic heterocycles. The molecule has 0 saturated carbocycles. The number of halogens is 3. The molecule has 0 N–H and O–H groups in total. The lowest BCUT2D eigenvalue weighted by Crippen LogP contribution is -2.17. The van der Waals surface area contributed by atoms with Gasteiger partial charge in [0.2, 0.25) is 0 Å². The van der Waals surface area contributed by atoms with Crippen molar-refractivity contribution < 1.29 is 27.4 Å². The van der Waals surface area contributed by atoms with Crippen molar-refractivity contribution in [2.45, 2.75) is 32.5 Å². The van der Waals surface area contributed by atoms with E-state index in [1.54, 1.807) is 0 Å². The minimum absolute atomic E-state index is 0.109. The van der Waals surface area contributed by atoms with Crippen LogP contribution in [0, 0.1) is 0 Å². The first-order valence-electron chi connectivity index (χ1n) is 5.84. The van der Waals surface area contributed by atoms with Crippen LogP contribution >= 0.6 is 0 Å². The zero-order chi connectivity index (χ0) is 14.5. The summed E-state index contributed by atoms with van der Waals surface area (Å²) < 4.78 is 44.7. The van der Waals surface area contributed by atoms with Gasteiger partial charge >= 0.3 is 12.3 Å². The Labute approximate surface area is 109 Å². The van der Waals surface area contributed by atoms with Gasteiger partial charge in [-0.05, 0) is 30.5 Å². The van der Waals surface area contributed by atoms with Crippen molar-refractivity contribution in [2.24, 2.45) is 0 Å². The first-order valence-corrected chi connectivity index (χ1v) is 5.84. The molecule has 1 rings (SSSR count). The summed E-state index contributed by atoms with van der Waals surface area (Å²) in [6, 6.07) is 3.72. The molecule has 0 bridgehead atoms. The number of methoxy groups -OCH3 is 1. The number of hydrogen-bond donors (Lipinski definition) is 0. The molecule has 0 aliphatic carbocycles. The number of hydrogen-bond acceptors (Lipinski definition) is 3. The number of ether oxygens (including phenoxy) is 2. The summed E-state index contributed by atoms with van der Waals surface area (Å²) in [5.41, 5.74) is 0.765. The van der Waals surface area contributed by atoms with Crippen molar-refractivity contribution in [3.05, 3.63) is 29.3 Å². The molecule has 0 unspecified atom stereocenters. The molecule has 0 fully saturated rings. The summed E-state index contributed by atoms with van der Waals surface area (Å²) in [6.45, 7) is 1.99. The van der Waals surface area contributed by atoms with E-state index in [-0.39, 0.29) is 5.56 Å². The van der Waals surface area contributed by atoms with Crippen LogP contribution in [0.5, 0.6) is 5.75 Å². The van der Waals surface area contributed by atoms with Crippen LogP contribution < -0.4 is 4.74 Å². The Morgan fingerprint density at radius 3 is 2.53 bits per heavy atom. The number of unbranched alkanes of at least 4 members (excludes halogenated alkanes) is 1. The highest BCUT2D eigenvalue weighted by atomic mass is 19.4. The van der Waals surface area contributed by atoms with E-state index < -0.39 is 18.1 Å². The van der Waals surface area contributed by atoms with Crippen molar-refractivity contribution in [3.8, 4) is 5.75 Å². The van der Waals surface area contributed by atoms with Gasteiger partial charge in [-0.3, -0.25) is 0 Å². The largest absolute Gasteiger partial charge is 0.573 e. The normalized spacial score (nSPS) is 11.2. The molecule has 0 atom stereocenters. The third kappa shape index (κ3) is 4.81. The molecular formula is C13H15F3O3. The fourth-order valence-corrected chi connectivity index (χ4v) is 1.64. The van der Waals surface area contributed by atoms with Crippen LogP contribution in [0.25, 0.3) is 0 Å². The molecular weight excluding hydrogens is 261 g/mol. The molecule has 0 radical (unpaired) electrons. The lowest BCUT2D eigenvalue weighted by atomic mass is 10.0. The molecule has 1 aromatic carbocycles. The van der Waals surface area contributed by atoms with Crippen molar-refractivity contribution in [2.75, 3.05) is 7.11 Å². The lowest BCUT2D eigenvalue weighted by Gasteiger charge is -2.12. The number of carbonyl (C=O) groups is 1. The van der Waals surface area contributed by atoms with E-state index in [4.69, 9.17) is 0 Å². The SMILES string of the molecule is CCCCc1ccc(OC(F)(F)F)cc1C(=O)OC. The Kier molecular flexibility index (Phi) is 5.20. The fraction of sp³-hybridized carbons (Fsp3) is 0.462. The van der Waals surface area contributed by atoms with E-state index in [1.165, 1.54) is 19.2 Å². The highest BCUT2D eigenvalue weighted by Gasteiger charge is 2.31. The zero-order valence-corrected chi connectivity index (χ0v) is 10.7. The van der Waals surface area contributed by atoms with Crippen LogP contribution in [0.4, 0.5) is 13.2 Å². The molecule has 0 heterocycles. The van der Waals surface area contributed by atoms with E-state index in [1.807, 2.05) is 6.92 Å². The Hall–Kier alpha value is -1.72. The molecule has 19 heavy (non-hydrogen) atoms. The maximum atomic E-state index is 12.1. The van der Waals surface area contributed by atoms with Crippen molar-refractivity contribution in [1.82, 2.24) is 0 Å². The predicted octanol–water partition coefficient (Wildman–Crippen LogP) is 3.71. The molecule has 0 amide bonds. The number of alkyl halides is 3. The quantitative estimate of drug-likeness (QED) is 0.769. The third-order valence-corrected chi connectivity index (χ3v) is 2.52. The number of benzene rings is 1. The van der Waals surface area contributed by atoms with Crippen LogP contribution in [0.2, 0.25) is 0 Å². The summed E-state index contributed by atoms with van der Waals surface area (Å²) in [7, 11) is 1.18. The van der Waals surface area contributed by atoms with Crippen LogP contribution in [0.1, 0.15) is 35.7 Å². The second-order valence-corrected chi connectivity index (χ2v) is 3.96. The monoisotopic (exact) mass is 276 g/mol. The highest BCUT2D eigenvalue weighted by Crippen LogP contribution is 2.26. The summed E-state index contributed by atoms with van der Waals surface area (Å²) in [4.78, 5) is 11.6. The Morgan fingerprint density at radius 2 is 2.00 bits per heavy atom. The standard InChI is InChI=1S/C13H15F3O3/c1-3-4-5-9-6-7-10(19-13(14,15)16)8-11(9)12(17)18-2/h6-8H,3-5H2,1-2H3. The molecule has 0 aromatic heterocycles. The van der Waals surface area contributed by atoms with E-state index in [9.17, 15) is 18.0 Å². The maximum Gasteiger partial charge on any atom is 0.573 e. The van der Waals surface area contributed by atoms with Gasteiger partial charge in [0.1, 0.15) is 5.75 Å². The van der Waals surface area contributed by atoms with Crippen LogP contribution in [-0.2, 0) is 11.2 Å². The number of rotatable bonds is 5. The van der Waals surface area contributed by atoms with E-state index >= 15 is 0 Å². The number of carbonyl (C=O) groups excluding carboxylic acids is 1. The lowest BCUT2D eigenvalue weighted by molar-refractivity contribution is -0.274. The molecule has 0 saturated heterocycles. The Morgan fingerprint density at radius 1 is 1.32 bits per heavy atom. The predicted molar refractivity (Wildman–Crippen MR) is 63.1 cm³/mol. The van der Waals surface area contributed by atoms with Gasteiger partial charge in [0.05, 0.1) is 12.7 Å². The third-order valence-electron chi connectivity index (χ3n) is 2.52. The van der Waals surface area contributed by atoms with E-state index in [0.717, 1.165) is 18.9 Å². The average Bonchev–Trinajstić information content (AvgIpc) is 2.34. The van der Waals surface area contributed by atoms with Crippen molar-refractivity contribution >= 4 is 5.97 Å². The first-order chi connectivity index (χ1) is 8.87. The van der Waals surface area contributed by atoms with Gasteiger partial charge in [0.15, 0.2) is 0 Å². The molecule has 106 valence electrons. The second-order valence-electron chi connectivity index (χ2n) is 3.96. The Balaban J connectivity index is 3.04. The summed E-state index contributed by atoms with van der Waals surface area (Å²) in [5.74, 6) is -1.09. The summed E-state index contributed by atoms with van der Waals surface area (Å²) >= 11 is 0. The maximum absolute atomic E-state index is 12.1. The fourth-order valence-electron chi connectivity index (χ4n) is 1.64. The van der Waals surface area contributed by atoms with Gasteiger partial charge in [-0.25, -0.2) is 4.79 Å². The molecule has 1 aromatic rings. The van der Waals surface area contributed by atoms with Gasteiger partial charge in [-0.15, -0.1) is 13.2 Å². The molecule has 3 nitrogen and oxygen atoms in total. The highest BCUT2D eigenvalue weighted by molar-refractivity contribution is 5.91. The van der Waals surface area contributed by atoms with Gasteiger partial charge in [-0.2, -0.15) is 0 Å². The van der Waals surface area contributed by atoms with Crippen molar-refractivity contribution in [3.63, 3.8) is 0 Å². The van der Waals surface area contributed by atoms with Gasteiger partial charge in [-0.1, -0.05) is 19.4 Å². The molecule has 0 spiro atoms. The van der Waals surface area contributed by atoms with Crippen LogP contribution in [-0.4, -0.2) is 19.4 Å². The van der Waals surface area contributed by atoms with Gasteiger partial charge in [0.25, 0.3) is 0 Å². The minimum Gasteiger partial charge on any atom is -0.465 e.